The lowest BCUT2D eigenvalue weighted by Crippen LogP contribution is -2.28. The van der Waals surface area contributed by atoms with Crippen molar-refractivity contribution in [2.75, 3.05) is 5.32 Å². The Balaban J connectivity index is 2.19. The Morgan fingerprint density at radius 1 is 1.30 bits per heavy atom. The number of carboxylic acid groups (broad SMARTS) is 1. The summed E-state index contributed by atoms with van der Waals surface area (Å²) in [5.41, 5.74) is 2.87. The Kier molecular flexibility index (Phi) is 2.78. The Morgan fingerprint density at radius 3 is 2.65 bits per heavy atom. The standard InChI is InChI=1S/C14H14N4O2/c1-8-3-5-10(6-4-8)12-11(13(19)20)9(2)17-14-15-7-16-18(12)14/h3-7,12H,1-2H3,(H,19,20)(H,15,16,17). The molecule has 2 heterocycles. The molecule has 0 bridgehead atoms. The van der Waals surface area contributed by atoms with Gasteiger partial charge in [0.05, 0.1) is 5.57 Å². The lowest BCUT2D eigenvalue weighted by Gasteiger charge is -2.27. The molecule has 0 amide bonds. The van der Waals surface area contributed by atoms with Gasteiger partial charge in [-0.15, -0.1) is 0 Å². The molecule has 0 spiro atoms. The van der Waals surface area contributed by atoms with E-state index in [4.69, 9.17) is 0 Å². The summed E-state index contributed by atoms with van der Waals surface area (Å²) in [6.07, 6.45) is 1.42. The minimum absolute atomic E-state index is 0.284. The maximum Gasteiger partial charge on any atom is 0.335 e. The third-order valence-electron chi connectivity index (χ3n) is 3.42. The molecule has 1 aliphatic rings. The number of aromatic nitrogens is 3. The summed E-state index contributed by atoms with van der Waals surface area (Å²) < 4.78 is 1.60. The number of nitrogens with zero attached hydrogens (tertiary/aromatic N) is 3. The zero-order valence-electron chi connectivity index (χ0n) is 11.2. The van der Waals surface area contributed by atoms with Gasteiger partial charge in [-0.1, -0.05) is 29.8 Å². The van der Waals surface area contributed by atoms with Gasteiger partial charge in [-0.05, 0) is 19.4 Å². The quantitative estimate of drug-likeness (QED) is 0.872. The largest absolute Gasteiger partial charge is 0.478 e. The van der Waals surface area contributed by atoms with Gasteiger partial charge in [-0.3, -0.25) is 0 Å². The van der Waals surface area contributed by atoms with Crippen LogP contribution >= 0.6 is 0 Å². The van der Waals surface area contributed by atoms with Crippen molar-refractivity contribution in [1.29, 1.82) is 0 Å². The van der Waals surface area contributed by atoms with Gasteiger partial charge < -0.3 is 10.4 Å². The fraction of sp³-hybridized carbons (Fsp3) is 0.214. The Bertz CT molecular complexity index is 700. The first kappa shape index (κ1) is 12.4. The van der Waals surface area contributed by atoms with Crippen LogP contribution in [0.5, 0.6) is 0 Å². The van der Waals surface area contributed by atoms with Crippen LogP contribution in [0.25, 0.3) is 0 Å². The molecule has 1 aromatic carbocycles. The van der Waals surface area contributed by atoms with Crippen molar-refractivity contribution >= 4 is 11.9 Å². The number of nitrogens with one attached hydrogen (secondary N) is 1. The molecule has 20 heavy (non-hydrogen) atoms. The summed E-state index contributed by atoms with van der Waals surface area (Å²) in [6, 6.07) is 7.30. The highest BCUT2D eigenvalue weighted by Gasteiger charge is 2.32. The first-order valence-corrected chi connectivity index (χ1v) is 6.25. The fourth-order valence-corrected chi connectivity index (χ4v) is 2.42. The molecule has 3 rings (SSSR count). The molecule has 6 heteroatoms. The van der Waals surface area contributed by atoms with E-state index in [1.807, 2.05) is 31.2 Å². The molecule has 0 saturated heterocycles. The lowest BCUT2D eigenvalue weighted by atomic mass is 9.95. The minimum Gasteiger partial charge on any atom is -0.478 e. The molecular formula is C14H14N4O2. The predicted molar refractivity (Wildman–Crippen MR) is 73.3 cm³/mol. The average Bonchev–Trinajstić information content (AvgIpc) is 2.85. The van der Waals surface area contributed by atoms with Crippen LogP contribution in [0.15, 0.2) is 41.9 Å². The van der Waals surface area contributed by atoms with Crippen molar-refractivity contribution in [3.05, 3.63) is 53.0 Å². The first-order chi connectivity index (χ1) is 9.58. The summed E-state index contributed by atoms with van der Waals surface area (Å²) in [5.74, 6) is -0.403. The Labute approximate surface area is 115 Å². The molecule has 1 aliphatic heterocycles. The molecule has 6 nitrogen and oxygen atoms in total. The molecule has 102 valence electrons. The molecule has 0 fully saturated rings. The third kappa shape index (κ3) is 1.85. The molecule has 2 aromatic rings. The SMILES string of the molecule is CC1=C(C(=O)O)C(c2ccc(C)cc2)n2ncnc2N1. The van der Waals surface area contributed by atoms with Crippen LogP contribution in [0.1, 0.15) is 24.1 Å². The third-order valence-corrected chi connectivity index (χ3v) is 3.42. The van der Waals surface area contributed by atoms with Crippen molar-refractivity contribution in [1.82, 2.24) is 14.8 Å². The lowest BCUT2D eigenvalue weighted by molar-refractivity contribution is -0.133. The van der Waals surface area contributed by atoms with E-state index in [-0.39, 0.29) is 5.57 Å². The van der Waals surface area contributed by atoms with Gasteiger partial charge in [0.25, 0.3) is 0 Å². The minimum atomic E-state index is -0.957. The van der Waals surface area contributed by atoms with Crippen LogP contribution < -0.4 is 5.32 Å². The molecule has 0 saturated carbocycles. The second-order valence-electron chi connectivity index (χ2n) is 4.81. The van der Waals surface area contributed by atoms with Crippen LogP contribution in [0.2, 0.25) is 0 Å². The van der Waals surface area contributed by atoms with E-state index in [0.717, 1.165) is 11.1 Å². The first-order valence-electron chi connectivity index (χ1n) is 6.25. The van der Waals surface area contributed by atoms with Crippen molar-refractivity contribution < 1.29 is 9.90 Å². The highest BCUT2D eigenvalue weighted by atomic mass is 16.4. The predicted octanol–water partition coefficient (Wildman–Crippen LogP) is 1.96. The number of allylic oxidation sites excluding steroid dienone is 1. The van der Waals surface area contributed by atoms with Crippen LogP contribution in [-0.2, 0) is 4.79 Å². The van der Waals surface area contributed by atoms with Crippen LogP contribution in [0.3, 0.4) is 0 Å². The number of aliphatic carboxylic acids is 1. The van der Waals surface area contributed by atoms with E-state index < -0.39 is 12.0 Å². The number of hydrogen-bond acceptors (Lipinski definition) is 4. The van der Waals surface area contributed by atoms with Crippen LogP contribution in [0.4, 0.5) is 5.95 Å². The zero-order chi connectivity index (χ0) is 14.3. The topological polar surface area (TPSA) is 80.0 Å². The van der Waals surface area contributed by atoms with Gasteiger partial charge in [-0.25, -0.2) is 9.48 Å². The average molecular weight is 270 g/mol. The number of fused-ring (bicyclic) bond motifs is 1. The molecule has 0 radical (unpaired) electrons. The number of benzene rings is 1. The number of aryl methyl sites for hydroxylation is 1. The molecule has 2 N–H and O–H groups in total. The van der Waals surface area contributed by atoms with E-state index >= 15 is 0 Å². The number of carboxylic acids is 1. The summed E-state index contributed by atoms with van der Waals surface area (Å²) in [6.45, 7) is 3.73. The molecular weight excluding hydrogens is 256 g/mol. The van der Waals surface area contributed by atoms with E-state index in [0.29, 0.717) is 11.6 Å². The van der Waals surface area contributed by atoms with E-state index in [2.05, 4.69) is 15.4 Å². The zero-order valence-corrected chi connectivity index (χ0v) is 11.2. The summed E-state index contributed by atoms with van der Waals surface area (Å²) in [7, 11) is 0. The monoisotopic (exact) mass is 270 g/mol. The Morgan fingerprint density at radius 2 is 2.00 bits per heavy atom. The fourth-order valence-electron chi connectivity index (χ4n) is 2.42. The van der Waals surface area contributed by atoms with Gasteiger partial charge in [0.2, 0.25) is 5.95 Å². The van der Waals surface area contributed by atoms with Crippen molar-refractivity contribution in [3.8, 4) is 0 Å². The molecule has 1 unspecified atom stereocenters. The van der Waals surface area contributed by atoms with E-state index in [1.165, 1.54) is 6.33 Å². The second-order valence-corrected chi connectivity index (χ2v) is 4.81. The normalized spacial score (nSPS) is 17.6. The summed E-state index contributed by atoms with van der Waals surface area (Å²) >= 11 is 0. The molecule has 1 aromatic heterocycles. The van der Waals surface area contributed by atoms with Gasteiger partial charge in [-0.2, -0.15) is 10.1 Å². The van der Waals surface area contributed by atoms with Gasteiger partial charge in [0.1, 0.15) is 12.4 Å². The summed E-state index contributed by atoms with van der Waals surface area (Å²) in [4.78, 5) is 15.7. The highest BCUT2D eigenvalue weighted by molar-refractivity contribution is 5.90. The highest BCUT2D eigenvalue weighted by Crippen LogP contribution is 2.34. The number of hydrogen-bond donors (Lipinski definition) is 2. The van der Waals surface area contributed by atoms with Crippen molar-refractivity contribution in [3.63, 3.8) is 0 Å². The molecule has 0 aliphatic carbocycles. The smallest absolute Gasteiger partial charge is 0.335 e. The number of carbonyl (C=O) groups is 1. The number of anilines is 1. The Hall–Kier alpha value is -2.63. The second kappa shape index (κ2) is 4.48. The van der Waals surface area contributed by atoms with Crippen LogP contribution in [-0.4, -0.2) is 25.8 Å². The van der Waals surface area contributed by atoms with Crippen molar-refractivity contribution in [2.24, 2.45) is 0 Å². The van der Waals surface area contributed by atoms with E-state index in [9.17, 15) is 9.90 Å². The van der Waals surface area contributed by atoms with Gasteiger partial charge >= 0.3 is 5.97 Å². The maximum atomic E-state index is 11.6. The van der Waals surface area contributed by atoms with Crippen LogP contribution in [0, 0.1) is 6.92 Å². The van der Waals surface area contributed by atoms with Gasteiger partial charge in [0.15, 0.2) is 0 Å². The van der Waals surface area contributed by atoms with Gasteiger partial charge in [0, 0.05) is 5.70 Å². The maximum absolute atomic E-state index is 11.6. The van der Waals surface area contributed by atoms with Crippen molar-refractivity contribution in [2.45, 2.75) is 19.9 Å². The molecule has 1 atom stereocenters. The number of rotatable bonds is 2. The van der Waals surface area contributed by atoms with E-state index in [1.54, 1.807) is 11.6 Å². The summed E-state index contributed by atoms with van der Waals surface area (Å²) in [5, 5.41) is 16.6.